The topological polar surface area (TPSA) is 124 Å². The van der Waals surface area contributed by atoms with Gasteiger partial charge in [-0.15, -0.1) is 5.10 Å². The maximum absolute atomic E-state index is 13.1. The largest absolute Gasteiger partial charge is 0.489 e. The molecule has 3 aromatic rings. The zero-order chi connectivity index (χ0) is 25.2. The number of ether oxygens (including phenoxy) is 1. The second-order valence-corrected chi connectivity index (χ2v) is 8.82. The monoisotopic (exact) mass is 479 g/mol. The molecule has 0 bridgehead atoms. The van der Waals surface area contributed by atoms with Crippen molar-refractivity contribution in [1.29, 1.82) is 0 Å². The van der Waals surface area contributed by atoms with Crippen LogP contribution in [0.4, 0.5) is 10.1 Å². The van der Waals surface area contributed by atoms with Crippen molar-refractivity contribution in [3.05, 3.63) is 71.1 Å². The Balaban J connectivity index is 1.44. The summed E-state index contributed by atoms with van der Waals surface area (Å²) in [5.74, 6) is 5.64. The fourth-order valence-electron chi connectivity index (χ4n) is 3.52. The molecule has 1 aliphatic rings. The van der Waals surface area contributed by atoms with Gasteiger partial charge >= 0.3 is 0 Å². The van der Waals surface area contributed by atoms with E-state index in [1.165, 1.54) is 12.1 Å². The van der Waals surface area contributed by atoms with Crippen LogP contribution in [0.1, 0.15) is 41.4 Å². The van der Waals surface area contributed by atoms with Crippen molar-refractivity contribution < 1.29 is 24.1 Å². The number of carbonyl (C=O) groups is 1. The first-order valence-electron chi connectivity index (χ1n) is 11.0. The average Bonchev–Trinajstić information content (AvgIpc) is 3.25. The number of hydrogen-bond donors (Lipinski definition) is 4. The van der Waals surface area contributed by atoms with Crippen LogP contribution in [-0.4, -0.2) is 62.8 Å². The summed E-state index contributed by atoms with van der Waals surface area (Å²) in [5.41, 5.74) is 0.915. The fourth-order valence-corrected chi connectivity index (χ4v) is 3.52. The van der Waals surface area contributed by atoms with Crippen molar-refractivity contribution >= 4 is 11.6 Å². The zero-order valence-electron chi connectivity index (χ0n) is 19.5. The molecular formula is C25H26FN5O4. The molecule has 2 aromatic carbocycles. The van der Waals surface area contributed by atoms with Crippen LogP contribution in [0.2, 0.25) is 0 Å². The van der Waals surface area contributed by atoms with E-state index in [9.17, 15) is 19.4 Å². The molecule has 0 saturated carbocycles. The number of amides is 1. The molecular weight excluding hydrogens is 453 g/mol. The molecule has 1 aromatic heterocycles. The Labute approximate surface area is 202 Å². The number of anilines is 1. The number of aromatic nitrogens is 3. The SMILES string of the molecule is CN1c2cc(C#CC(C)(C)O)ccc2OCC(NC(=O)c2n[nH]c(Cc3ccc(F)cc3)n2)C1O. The van der Waals surface area contributed by atoms with Gasteiger partial charge in [0.05, 0.1) is 5.69 Å². The van der Waals surface area contributed by atoms with E-state index in [1.807, 2.05) is 0 Å². The Bertz CT molecular complexity index is 1270. The number of aromatic amines is 1. The van der Waals surface area contributed by atoms with Gasteiger partial charge in [-0.2, -0.15) is 0 Å². The van der Waals surface area contributed by atoms with Gasteiger partial charge in [-0.3, -0.25) is 9.89 Å². The number of nitrogens with zero attached hydrogens (tertiary/aromatic N) is 3. The summed E-state index contributed by atoms with van der Waals surface area (Å²) in [6, 6.07) is 10.4. The van der Waals surface area contributed by atoms with Crippen molar-refractivity contribution in [1.82, 2.24) is 20.5 Å². The summed E-state index contributed by atoms with van der Waals surface area (Å²) in [7, 11) is 1.68. The third kappa shape index (κ3) is 5.95. The van der Waals surface area contributed by atoms with E-state index in [2.05, 4.69) is 32.3 Å². The molecule has 0 spiro atoms. The minimum atomic E-state index is -1.14. The summed E-state index contributed by atoms with van der Waals surface area (Å²) >= 11 is 0. The fraction of sp³-hybridized carbons (Fsp3) is 0.320. The third-order valence-electron chi connectivity index (χ3n) is 5.36. The summed E-state index contributed by atoms with van der Waals surface area (Å²) in [6.07, 6.45) is -0.748. The molecule has 0 saturated heterocycles. The normalized spacial score (nSPS) is 17.5. The Morgan fingerprint density at radius 3 is 2.77 bits per heavy atom. The molecule has 1 aliphatic heterocycles. The minimum Gasteiger partial charge on any atom is -0.489 e. The van der Waals surface area contributed by atoms with Gasteiger partial charge < -0.3 is 25.2 Å². The molecule has 1 amide bonds. The lowest BCUT2D eigenvalue weighted by atomic mass is 10.1. The second-order valence-electron chi connectivity index (χ2n) is 8.82. The van der Waals surface area contributed by atoms with E-state index >= 15 is 0 Å². The van der Waals surface area contributed by atoms with Crippen LogP contribution in [0.5, 0.6) is 5.75 Å². The molecule has 35 heavy (non-hydrogen) atoms. The highest BCUT2D eigenvalue weighted by Gasteiger charge is 2.32. The number of rotatable bonds is 4. The summed E-state index contributed by atoms with van der Waals surface area (Å²) < 4.78 is 18.9. The van der Waals surface area contributed by atoms with E-state index in [1.54, 1.807) is 56.1 Å². The molecule has 10 heteroatoms. The predicted molar refractivity (Wildman–Crippen MR) is 126 cm³/mol. The number of aliphatic hydroxyl groups excluding tert-OH is 1. The van der Waals surface area contributed by atoms with Gasteiger partial charge in [0, 0.05) is 19.0 Å². The minimum absolute atomic E-state index is 0.0196. The van der Waals surface area contributed by atoms with Crippen LogP contribution in [0.3, 0.4) is 0 Å². The molecule has 9 nitrogen and oxygen atoms in total. The number of fused-ring (bicyclic) bond motifs is 1. The number of H-pyrrole nitrogens is 1. The van der Waals surface area contributed by atoms with Gasteiger partial charge in [0.2, 0.25) is 5.82 Å². The van der Waals surface area contributed by atoms with Crippen LogP contribution in [0, 0.1) is 17.7 Å². The number of likely N-dealkylation sites (N-methyl/N-ethyl adjacent to an activating group) is 1. The highest BCUT2D eigenvalue weighted by Crippen LogP contribution is 2.32. The van der Waals surface area contributed by atoms with Gasteiger partial charge in [0.15, 0.2) is 6.23 Å². The average molecular weight is 480 g/mol. The van der Waals surface area contributed by atoms with Crippen molar-refractivity contribution in [2.24, 2.45) is 0 Å². The first-order valence-corrected chi connectivity index (χ1v) is 11.0. The molecule has 0 aliphatic carbocycles. The molecule has 2 atom stereocenters. The summed E-state index contributed by atoms with van der Waals surface area (Å²) in [6.45, 7) is 3.21. The standard InChI is InChI=1S/C25H26FN5O4/c1-25(2,34)11-10-16-6-9-20-19(12-16)31(3)24(33)18(14-35-20)27-23(32)22-28-21(29-30-22)13-15-4-7-17(26)8-5-15/h4-9,12,18,24,33-34H,13-14H2,1-3H3,(H,27,32)(H,28,29,30). The molecule has 4 N–H and O–H groups in total. The van der Waals surface area contributed by atoms with Crippen LogP contribution < -0.4 is 15.0 Å². The Morgan fingerprint density at radius 2 is 2.06 bits per heavy atom. The number of hydrogen-bond acceptors (Lipinski definition) is 7. The van der Waals surface area contributed by atoms with Crippen LogP contribution >= 0.6 is 0 Å². The molecule has 0 fully saturated rings. The van der Waals surface area contributed by atoms with Crippen molar-refractivity contribution in [2.45, 2.75) is 38.1 Å². The van der Waals surface area contributed by atoms with Gasteiger partial charge in [0.25, 0.3) is 5.91 Å². The highest BCUT2D eigenvalue weighted by molar-refractivity contribution is 5.90. The van der Waals surface area contributed by atoms with Gasteiger partial charge in [-0.1, -0.05) is 24.0 Å². The van der Waals surface area contributed by atoms with E-state index in [-0.39, 0.29) is 18.2 Å². The predicted octanol–water partition coefficient (Wildman–Crippen LogP) is 1.60. The first-order chi connectivity index (χ1) is 16.6. The summed E-state index contributed by atoms with van der Waals surface area (Å²) in [4.78, 5) is 18.6. The number of aliphatic hydroxyl groups is 2. The van der Waals surface area contributed by atoms with Gasteiger partial charge in [-0.05, 0) is 49.7 Å². The maximum atomic E-state index is 13.1. The van der Waals surface area contributed by atoms with E-state index in [0.29, 0.717) is 29.2 Å². The maximum Gasteiger partial charge on any atom is 0.291 e. The number of carbonyl (C=O) groups excluding carboxylic acids is 1. The van der Waals surface area contributed by atoms with Crippen LogP contribution in [0.15, 0.2) is 42.5 Å². The first kappa shape index (κ1) is 24.2. The third-order valence-corrected chi connectivity index (χ3v) is 5.36. The lowest BCUT2D eigenvalue weighted by Gasteiger charge is -2.28. The van der Waals surface area contributed by atoms with Crippen molar-refractivity contribution in [2.75, 3.05) is 18.6 Å². The van der Waals surface area contributed by atoms with E-state index in [0.717, 1.165) is 5.56 Å². The Hall–Kier alpha value is -3.94. The van der Waals surface area contributed by atoms with Crippen molar-refractivity contribution in [3.8, 4) is 17.6 Å². The molecule has 4 rings (SSSR count). The highest BCUT2D eigenvalue weighted by atomic mass is 19.1. The Kier molecular flexibility index (Phi) is 6.73. The van der Waals surface area contributed by atoms with Gasteiger partial charge in [0.1, 0.15) is 35.6 Å². The summed E-state index contributed by atoms with van der Waals surface area (Å²) in [5, 5.41) is 30.1. The van der Waals surface area contributed by atoms with E-state index < -0.39 is 23.8 Å². The van der Waals surface area contributed by atoms with E-state index in [4.69, 9.17) is 4.74 Å². The van der Waals surface area contributed by atoms with Crippen LogP contribution in [0.25, 0.3) is 0 Å². The van der Waals surface area contributed by atoms with Gasteiger partial charge in [-0.25, -0.2) is 9.37 Å². The second kappa shape index (κ2) is 9.74. The number of nitrogens with one attached hydrogen (secondary N) is 2. The lowest BCUT2D eigenvalue weighted by molar-refractivity contribution is 0.0763. The number of benzene rings is 2. The molecule has 182 valence electrons. The smallest absolute Gasteiger partial charge is 0.291 e. The zero-order valence-corrected chi connectivity index (χ0v) is 19.5. The quantitative estimate of drug-likeness (QED) is 0.419. The number of halogens is 1. The van der Waals surface area contributed by atoms with Crippen molar-refractivity contribution in [3.63, 3.8) is 0 Å². The molecule has 2 unspecified atom stereocenters. The van der Waals surface area contributed by atoms with Crippen LogP contribution in [-0.2, 0) is 6.42 Å². The lowest BCUT2D eigenvalue weighted by Crippen LogP contribution is -2.52. The molecule has 2 heterocycles. The Morgan fingerprint density at radius 1 is 1.31 bits per heavy atom. The molecule has 0 radical (unpaired) electrons.